The molecule has 0 radical (unpaired) electrons. The fraction of sp³-hybridized carbons (Fsp3) is 0.783. The van der Waals surface area contributed by atoms with Gasteiger partial charge in [0.05, 0.1) is 0 Å². The monoisotopic (exact) mass is 364 g/mol. The highest BCUT2D eigenvalue weighted by Gasteiger charge is 2.49. The number of Topliss-reactive ketones (excluding diaryl/α,β-unsaturated/α-hetero) is 1. The molecule has 1 nitrogen and oxygen atoms in total. The van der Waals surface area contributed by atoms with Crippen molar-refractivity contribution in [2.75, 3.05) is 0 Å². The molecule has 146 valence electrons. The number of carbonyl (C=O) groups is 1. The molecule has 0 bridgehead atoms. The molecular weight excluding hydrogens is 330 g/mol. The van der Waals surface area contributed by atoms with Crippen molar-refractivity contribution in [2.45, 2.75) is 96.1 Å². The van der Waals surface area contributed by atoms with E-state index >= 15 is 4.39 Å². The van der Waals surface area contributed by atoms with Crippen LogP contribution in [0.2, 0.25) is 0 Å². The van der Waals surface area contributed by atoms with Gasteiger partial charge in [0.15, 0.2) is 5.78 Å². The van der Waals surface area contributed by atoms with Crippen molar-refractivity contribution >= 4 is 5.78 Å². The van der Waals surface area contributed by atoms with Crippen LogP contribution in [0.15, 0.2) is 24.1 Å². The molecule has 0 amide bonds. The van der Waals surface area contributed by atoms with E-state index in [0.29, 0.717) is 12.3 Å². The normalized spacial score (nSPS) is 34.3. The Morgan fingerprint density at radius 3 is 2.46 bits per heavy atom. The molecule has 0 saturated heterocycles. The highest BCUT2D eigenvalue weighted by Crippen LogP contribution is 2.53. The SMILES string of the molecule is CCCC1CCC(C2(CC(=O)C3(F)C=CCC=C3F)CCCCC2)CC1. The molecule has 0 aromatic heterocycles. The van der Waals surface area contributed by atoms with Crippen LogP contribution < -0.4 is 0 Å². The van der Waals surface area contributed by atoms with Crippen molar-refractivity contribution in [2.24, 2.45) is 17.3 Å². The average molecular weight is 365 g/mol. The standard InChI is InChI=1S/C23H34F2O/c1-2-8-18-10-12-19(13-11-18)22(14-5-3-6-15-22)17-21(26)23(25)16-7-4-9-20(23)24/h7,9,16,18-19H,2-6,8,10-15,17H2,1H3. The number of ketones is 1. The molecule has 0 aromatic rings. The lowest BCUT2D eigenvalue weighted by Gasteiger charge is -2.47. The van der Waals surface area contributed by atoms with E-state index in [1.54, 1.807) is 6.08 Å². The van der Waals surface area contributed by atoms with Gasteiger partial charge in [-0.3, -0.25) is 4.79 Å². The maximum absolute atomic E-state index is 15.1. The molecule has 0 heterocycles. The van der Waals surface area contributed by atoms with Gasteiger partial charge in [-0.15, -0.1) is 0 Å². The predicted octanol–water partition coefficient (Wildman–Crippen LogP) is 7.02. The Hall–Kier alpha value is -0.990. The molecule has 3 aliphatic rings. The van der Waals surface area contributed by atoms with Crippen LogP contribution >= 0.6 is 0 Å². The maximum Gasteiger partial charge on any atom is 0.237 e. The van der Waals surface area contributed by atoms with Crippen LogP contribution in [-0.2, 0) is 4.79 Å². The Morgan fingerprint density at radius 1 is 1.15 bits per heavy atom. The minimum Gasteiger partial charge on any atom is -0.295 e. The fourth-order valence-electron chi connectivity index (χ4n) is 5.76. The van der Waals surface area contributed by atoms with Crippen LogP contribution in [0, 0.1) is 17.3 Å². The first kappa shape index (κ1) is 19.8. The number of hydrogen-bond acceptors (Lipinski definition) is 1. The summed E-state index contributed by atoms with van der Waals surface area (Å²) in [5, 5.41) is 0. The van der Waals surface area contributed by atoms with Crippen molar-refractivity contribution in [3.63, 3.8) is 0 Å². The van der Waals surface area contributed by atoms with Gasteiger partial charge in [-0.2, -0.15) is 0 Å². The molecule has 3 rings (SSSR count). The molecule has 0 N–H and O–H groups in total. The second kappa shape index (κ2) is 8.35. The summed E-state index contributed by atoms with van der Waals surface area (Å²) in [6, 6.07) is 0. The van der Waals surface area contributed by atoms with Gasteiger partial charge in [0, 0.05) is 6.42 Å². The first-order valence-corrected chi connectivity index (χ1v) is 10.8. The van der Waals surface area contributed by atoms with Crippen LogP contribution in [0.5, 0.6) is 0 Å². The van der Waals surface area contributed by atoms with E-state index in [9.17, 15) is 9.18 Å². The smallest absolute Gasteiger partial charge is 0.237 e. The summed E-state index contributed by atoms with van der Waals surface area (Å²) < 4.78 is 29.3. The molecular formula is C23H34F2O. The summed E-state index contributed by atoms with van der Waals surface area (Å²) in [5.41, 5.74) is -2.61. The number of carbonyl (C=O) groups excluding carboxylic acids is 1. The Bertz CT molecular complexity index is 551. The molecule has 3 heteroatoms. The average Bonchev–Trinajstić information content (AvgIpc) is 2.66. The molecule has 1 unspecified atom stereocenters. The van der Waals surface area contributed by atoms with Crippen molar-refractivity contribution in [1.29, 1.82) is 0 Å². The van der Waals surface area contributed by atoms with Gasteiger partial charge in [0.25, 0.3) is 0 Å². The quantitative estimate of drug-likeness (QED) is 0.463. The zero-order chi connectivity index (χ0) is 18.6. The van der Waals surface area contributed by atoms with Gasteiger partial charge >= 0.3 is 0 Å². The summed E-state index contributed by atoms with van der Waals surface area (Å²) in [5.74, 6) is -0.132. The van der Waals surface area contributed by atoms with E-state index in [4.69, 9.17) is 0 Å². The number of halogens is 2. The van der Waals surface area contributed by atoms with Crippen LogP contribution in [0.4, 0.5) is 8.78 Å². The summed E-state index contributed by atoms with van der Waals surface area (Å²) in [7, 11) is 0. The second-order valence-corrected chi connectivity index (χ2v) is 8.93. The highest BCUT2D eigenvalue weighted by molar-refractivity contribution is 5.93. The molecule has 2 fully saturated rings. The van der Waals surface area contributed by atoms with E-state index in [1.807, 2.05) is 0 Å². The van der Waals surface area contributed by atoms with Gasteiger partial charge in [0.2, 0.25) is 5.67 Å². The number of allylic oxidation sites excluding steroid dienone is 4. The van der Waals surface area contributed by atoms with Gasteiger partial charge < -0.3 is 0 Å². The largest absolute Gasteiger partial charge is 0.295 e. The minimum absolute atomic E-state index is 0.100. The molecule has 0 spiro atoms. The topological polar surface area (TPSA) is 17.1 Å². The van der Waals surface area contributed by atoms with E-state index in [0.717, 1.165) is 50.5 Å². The molecule has 3 aliphatic carbocycles. The van der Waals surface area contributed by atoms with E-state index in [1.165, 1.54) is 38.2 Å². The second-order valence-electron chi connectivity index (χ2n) is 8.93. The number of alkyl halides is 1. The minimum atomic E-state index is -2.51. The van der Waals surface area contributed by atoms with Crippen LogP contribution in [0.25, 0.3) is 0 Å². The van der Waals surface area contributed by atoms with Gasteiger partial charge in [-0.1, -0.05) is 57.9 Å². The Balaban J connectivity index is 1.74. The van der Waals surface area contributed by atoms with Crippen LogP contribution in [0.1, 0.15) is 90.4 Å². The first-order valence-electron chi connectivity index (χ1n) is 10.8. The molecule has 26 heavy (non-hydrogen) atoms. The van der Waals surface area contributed by atoms with Crippen LogP contribution in [0.3, 0.4) is 0 Å². The lowest BCUT2D eigenvalue weighted by Crippen LogP contribution is -2.43. The summed E-state index contributed by atoms with van der Waals surface area (Å²) in [4.78, 5) is 12.9. The lowest BCUT2D eigenvalue weighted by atomic mass is 9.58. The summed E-state index contributed by atoms with van der Waals surface area (Å²) in [6.07, 6.45) is 17.3. The van der Waals surface area contributed by atoms with Crippen molar-refractivity contribution in [3.05, 3.63) is 24.1 Å². The zero-order valence-electron chi connectivity index (χ0n) is 16.2. The van der Waals surface area contributed by atoms with Gasteiger partial charge in [-0.05, 0) is 61.5 Å². The Kier molecular flexibility index (Phi) is 6.35. The van der Waals surface area contributed by atoms with Crippen molar-refractivity contribution in [1.82, 2.24) is 0 Å². The fourth-order valence-corrected chi connectivity index (χ4v) is 5.76. The first-order chi connectivity index (χ1) is 12.5. The molecule has 0 aromatic carbocycles. The van der Waals surface area contributed by atoms with Crippen LogP contribution in [-0.4, -0.2) is 11.5 Å². The number of hydrogen-bond donors (Lipinski definition) is 0. The maximum atomic E-state index is 15.1. The van der Waals surface area contributed by atoms with E-state index in [2.05, 4.69) is 6.92 Å². The lowest BCUT2D eigenvalue weighted by molar-refractivity contribution is -0.131. The third kappa shape index (κ3) is 3.97. The van der Waals surface area contributed by atoms with E-state index < -0.39 is 17.3 Å². The summed E-state index contributed by atoms with van der Waals surface area (Å²) >= 11 is 0. The predicted molar refractivity (Wildman–Crippen MR) is 102 cm³/mol. The van der Waals surface area contributed by atoms with Crippen molar-refractivity contribution < 1.29 is 13.6 Å². The molecule has 0 aliphatic heterocycles. The van der Waals surface area contributed by atoms with Gasteiger partial charge in [-0.25, -0.2) is 8.78 Å². The third-order valence-corrected chi connectivity index (χ3v) is 7.31. The van der Waals surface area contributed by atoms with Crippen molar-refractivity contribution in [3.8, 4) is 0 Å². The Morgan fingerprint density at radius 2 is 1.85 bits per heavy atom. The number of rotatable bonds is 6. The van der Waals surface area contributed by atoms with Gasteiger partial charge in [0.1, 0.15) is 5.83 Å². The highest BCUT2D eigenvalue weighted by atomic mass is 19.2. The molecule has 1 atom stereocenters. The zero-order valence-corrected chi connectivity index (χ0v) is 16.2. The molecule has 2 saturated carbocycles. The third-order valence-electron chi connectivity index (χ3n) is 7.31. The summed E-state index contributed by atoms with van der Waals surface area (Å²) in [6.45, 7) is 2.24. The Labute approximate surface area is 157 Å². The van der Waals surface area contributed by atoms with E-state index in [-0.39, 0.29) is 11.8 Å².